The van der Waals surface area contributed by atoms with E-state index in [1.54, 1.807) is 24.3 Å². The zero-order valence-corrected chi connectivity index (χ0v) is 21.3. The Morgan fingerprint density at radius 1 is 0.857 bits per heavy atom. The van der Waals surface area contributed by atoms with E-state index in [9.17, 15) is 18.0 Å². The maximum absolute atomic E-state index is 13.2. The van der Waals surface area contributed by atoms with Crippen molar-refractivity contribution >= 4 is 21.8 Å². The van der Waals surface area contributed by atoms with Crippen molar-refractivity contribution in [3.8, 4) is 0 Å². The van der Waals surface area contributed by atoms with E-state index in [1.165, 1.54) is 4.31 Å². The van der Waals surface area contributed by atoms with Gasteiger partial charge < -0.3 is 10.6 Å². The van der Waals surface area contributed by atoms with Crippen LogP contribution < -0.4 is 10.6 Å². The lowest BCUT2D eigenvalue weighted by Crippen LogP contribution is -2.55. The predicted molar refractivity (Wildman–Crippen MR) is 135 cm³/mol. The molecule has 1 saturated heterocycles. The number of nitrogens with zero attached hydrogens (tertiary/aromatic N) is 1. The van der Waals surface area contributed by atoms with Crippen LogP contribution in [0.4, 0.5) is 0 Å². The first kappa shape index (κ1) is 25.4. The van der Waals surface area contributed by atoms with Crippen LogP contribution >= 0.6 is 0 Å². The third-order valence-corrected chi connectivity index (χ3v) is 9.09. The molecule has 2 N–H and O–H groups in total. The number of sulfonamides is 1. The van der Waals surface area contributed by atoms with Crippen molar-refractivity contribution in [1.29, 1.82) is 0 Å². The van der Waals surface area contributed by atoms with Crippen LogP contribution in [0.5, 0.6) is 0 Å². The van der Waals surface area contributed by atoms with Gasteiger partial charge in [0, 0.05) is 30.7 Å². The van der Waals surface area contributed by atoms with Crippen LogP contribution in [0, 0.1) is 19.8 Å². The van der Waals surface area contributed by atoms with Gasteiger partial charge in [-0.3, -0.25) is 9.59 Å². The summed E-state index contributed by atoms with van der Waals surface area (Å²) in [6.07, 6.45) is 4.88. The van der Waals surface area contributed by atoms with Gasteiger partial charge in [-0.25, -0.2) is 8.42 Å². The van der Waals surface area contributed by atoms with Gasteiger partial charge in [-0.05, 0) is 63.3 Å². The fourth-order valence-corrected chi connectivity index (χ4v) is 6.61. The average Bonchev–Trinajstić information content (AvgIpc) is 2.86. The monoisotopic (exact) mass is 497 g/mol. The number of benzene rings is 2. The number of carbonyl (C=O) groups is 2. The largest absolute Gasteiger partial charge is 0.351 e. The van der Waals surface area contributed by atoms with Gasteiger partial charge >= 0.3 is 0 Å². The molecule has 2 aromatic carbocycles. The summed E-state index contributed by atoms with van der Waals surface area (Å²) in [7, 11) is -3.64. The molecular weight excluding hydrogens is 462 g/mol. The molecule has 1 heterocycles. The summed E-state index contributed by atoms with van der Waals surface area (Å²) in [5.41, 5.74) is 2.56. The number of hydrogen-bond donors (Lipinski definition) is 2. The maximum Gasteiger partial charge on any atom is 0.251 e. The highest BCUT2D eigenvalue weighted by Gasteiger charge is 2.35. The van der Waals surface area contributed by atoms with Gasteiger partial charge in [0.2, 0.25) is 15.9 Å². The Balaban J connectivity index is 1.40. The van der Waals surface area contributed by atoms with Gasteiger partial charge in [0.05, 0.1) is 10.8 Å². The molecule has 0 spiro atoms. The summed E-state index contributed by atoms with van der Waals surface area (Å²) in [5, 5.41) is 6.29. The Morgan fingerprint density at radius 2 is 1.51 bits per heavy atom. The van der Waals surface area contributed by atoms with Gasteiger partial charge in [0.25, 0.3) is 5.91 Å². The lowest BCUT2D eigenvalue weighted by atomic mass is 9.89. The minimum Gasteiger partial charge on any atom is -0.351 e. The second-order valence-corrected chi connectivity index (χ2v) is 11.7. The highest BCUT2D eigenvalue weighted by atomic mass is 32.2. The Kier molecular flexibility index (Phi) is 7.91. The second kappa shape index (κ2) is 10.9. The average molecular weight is 498 g/mol. The Labute approximate surface area is 208 Å². The molecule has 2 aliphatic rings. The van der Waals surface area contributed by atoms with Gasteiger partial charge in [-0.15, -0.1) is 0 Å². The first-order valence-electron chi connectivity index (χ1n) is 12.5. The van der Waals surface area contributed by atoms with Crippen molar-refractivity contribution in [3.05, 3.63) is 65.2 Å². The molecule has 2 amide bonds. The third-order valence-electron chi connectivity index (χ3n) is 7.21. The first-order valence-corrected chi connectivity index (χ1v) is 13.9. The van der Waals surface area contributed by atoms with Crippen molar-refractivity contribution in [3.63, 3.8) is 0 Å². The number of hydrogen-bond acceptors (Lipinski definition) is 4. The van der Waals surface area contributed by atoms with Crippen molar-refractivity contribution in [2.24, 2.45) is 5.92 Å². The van der Waals surface area contributed by atoms with E-state index in [1.807, 2.05) is 38.1 Å². The van der Waals surface area contributed by atoms with E-state index in [4.69, 9.17) is 0 Å². The summed E-state index contributed by atoms with van der Waals surface area (Å²) in [6, 6.07) is 14.0. The van der Waals surface area contributed by atoms with Crippen LogP contribution in [0.1, 0.15) is 60.0 Å². The Bertz CT molecular complexity index is 1160. The van der Waals surface area contributed by atoms with Crippen LogP contribution in [0.3, 0.4) is 0 Å². The molecule has 7 nitrogen and oxygen atoms in total. The molecule has 188 valence electrons. The van der Waals surface area contributed by atoms with Crippen molar-refractivity contribution in [1.82, 2.24) is 14.9 Å². The van der Waals surface area contributed by atoms with Gasteiger partial charge in [-0.1, -0.05) is 48.7 Å². The number of amides is 2. The third kappa shape index (κ3) is 5.93. The smallest absolute Gasteiger partial charge is 0.251 e. The Hall–Kier alpha value is -2.71. The van der Waals surface area contributed by atoms with Crippen molar-refractivity contribution in [2.45, 2.75) is 69.4 Å². The summed E-state index contributed by atoms with van der Waals surface area (Å²) in [5.74, 6) is -0.656. The molecule has 35 heavy (non-hydrogen) atoms. The summed E-state index contributed by atoms with van der Waals surface area (Å²) in [4.78, 5) is 26.4. The summed E-state index contributed by atoms with van der Waals surface area (Å²) >= 11 is 0. The second-order valence-electron chi connectivity index (χ2n) is 9.81. The molecule has 1 saturated carbocycles. The van der Waals surface area contributed by atoms with E-state index in [2.05, 4.69) is 10.6 Å². The zero-order valence-electron chi connectivity index (χ0n) is 20.5. The van der Waals surface area contributed by atoms with E-state index in [0.717, 1.165) is 36.8 Å². The lowest BCUT2D eigenvalue weighted by Gasteiger charge is -2.36. The minimum atomic E-state index is -3.64. The molecule has 8 heteroatoms. The van der Waals surface area contributed by atoms with Crippen LogP contribution in [-0.2, 0) is 14.8 Å². The Morgan fingerprint density at radius 3 is 2.20 bits per heavy atom. The van der Waals surface area contributed by atoms with E-state index in [0.29, 0.717) is 24.9 Å². The predicted octanol–water partition coefficient (Wildman–Crippen LogP) is 3.56. The molecule has 2 unspecified atom stereocenters. The van der Waals surface area contributed by atoms with Gasteiger partial charge in [0.15, 0.2) is 0 Å². The number of piperidine rings is 1. The molecule has 3 atom stereocenters. The van der Waals surface area contributed by atoms with Crippen LogP contribution in [0.2, 0.25) is 0 Å². The van der Waals surface area contributed by atoms with E-state index < -0.39 is 15.9 Å². The number of nitrogens with one attached hydrogen (secondary N) is 2. The van der Waals surface area contributed by atoms with E-state index in [-0.39, 0.29) is 35.3 Å². The van der Waals surface area contributed by atoms with Gasteiger partial charge in [0.1, 0.15) is 0 Å². The van der Waals surface area contributed by atoms with Crippen molar-refractivity contribution < 1.29 is 18.0 Å². The van der Waals surface area contributed by atoms with Crippen LogP contribution in [-0.4, -0.2) is 49.7 Å². The first-order chi connectivity index (χ1) is 16.8. The molecule has 0 bridgehead atoms. The molecule has 1 aliphatic heterocycles. The van der Waals surface area contributed by atoms with Crippen molar-refractivity contribution in [2.75, 3.05) is 13.1 Å². The fourth-order valence-electron chi connectivity index (χ4n) is 5.08. The molecule has 0 radical (unpaired) electrons. The lowest BCUT2D eigenvalue weighted by molar-refractivity contribution is -0.127. The number of rotatable bonds is 6. The SMILES string of the molecule is Cc1ccc(S(=O)(=O)N2CCCC(C(=O)NC3CCCC[C@H]3NC(=O)c3ccccc3C)C2)cc1. The van der Waals surface area contributed by atoms with Gasteiger partial charge in [-0.2, -0.15) is 4.31 Å². The summed E-state index contributed by atoms with van der Waals surface area (Å²) < 4.78 is 27.7. The summed E-state index contributed by atoms with van der Waals surface area (Å²) in [6.45, 7) is 4.42. The quantitative estimate of drug-likeness (QED) is 0.638. The fraction of sp³-hybridized carbons (Fsp3) is 0.481. The topological polar surface area (TPSA) is 95.6 Å². The molecular formula is C27H35N3O4S. The zero-order chi connectivity index (χ0) is 25.0. The van der Waals surface area contributed by atoms with Crippen LogP contribution in [0.15, 0.2) is 53.4 Å². The molecule has 2 fully saturated rings. The maximum atomic E-state index is 13.2. The molecule has 2 aromatic rings. The molecule has 4 rings (SSSR count). The minimum absolute atomic E-state index is 0.123. The normalized spacial score (nSPS) is 23.4. The highest BCUT2D eigenvalue weighted by molar-refractivity contribution is 7.89. The number of carbonyl (C=O) groups excluding carboxylic acids is 2. The van der Waals surface area contributed by atoms with E-state index >= 15 is 0 Å². The number of aryl methyl sites for hydroxylation is 2. The van der Waals surface area contributed by atoms with Crippen LogP contribution in [0.25, 0.3) is 0 Å². The molecule has 0 aromatic heterocycles. The molecule has 1 aliphatic carbocycles. The highest BCUT2D eigenvalue weighted by Crippen LogP contribution is 2.26. The standard InChI is InChI=1S/C27H35N3O4S/c1-19-13-15-22(16-14-19)35(33,34)30-17-7-9-21(18-30)26(31)28-24-11-5-6-12-25(24)29-27(32)23-10-4-3-8-20(23)2/h3-4,8,10,13-16,21,24-25H,5-7,9,11-12,17-18H2,1-2H3,(H,28,31)(H,29,32)/t21?,24?,25-/m1/s1.